The molecule has 1 aromatic carbocycles. The molecular weight excluding hydrogens is 330 g/mol. The Morgan fingerprint density at radius 3 is 2.20 bits per heavy atom. The summed E-state index contributed by atoms with van der Waals surface area (Å²) in [4.78, 5) is 1.73. The molecule has 0 unspecified atom stereocenters. The smallest absolute Gasteiger partial charge is 0.137 e. The molecular formula is C22H34ClNO. The number of quaternary nitrogens is 1. The van der Waals surface area contributed by atoms with Gasteiger partial charge in [-0.05, 0) is 62.5 Å². The van der Waals surface area contributed by atoms with E-state index in [-0.39, 0.29) is 12.4 Å². The molecule has 1 N–H and O–H groups in total. The number of aryl methyl sites for hydroxylation is 1. The minimum absolute atomic E-state index is 0. The van der Waals surface area contributed by atoms with Gasteiger partial charge in [-0.15, -0.1) is 0 Å². The maximum absolute atomic E-state index is 6.40. The predicted octanol–water partition coefficient (Wildman–Crippen LogP) is 1.01. The molecule has 1 aliphatic carbocycles. The second kappa shape index (κ2) is 10.9. The molecule has 1 aromatic rings. The van der Waals surface area contributed by atoms with Crippen LogP contribution in [-0.2, 0) is 11.2 Å². The first kappa shape index (κ1) is 20.3. The van der Waals surface area contributed by atoms with Crippen LogP contribution in [0.3, 0.4) is 0 Å². The summed E-state index contributed by atoms with van der Waals surface area (Å²) in [6.07, 6.45) is 11.8. The third kappa shape index (κ3) is 6.04. The lowest BCUT2D eigenvalue weighted by Gasteiger charge is -2.25. The number of hydrogen-bond donors (Lipinski definition) is 1. The first-order chi connectivity index (χ1) is 11.9. The molecule has 2 nitrogen and oxygen atoms in total. The zero-order valence-corrected chi connectivity index (χ0v) is 16.5. The molecule has 0 spiro atoms. The molecule has 0 atom stereocenters. The third-order valence-corrected chi connectivity index (χ3v) is 5.67. The molecule has 0 radical (unpaired) electrons. The van der Waals surface area contributed by atoms with Gasteiger partial charge in [0.1, 0.15) is 18.9 Å². The number of piperidine rings is 1. The molecule has 25 heavy (non-hydrogen) atoms. The van der Waals surface area contributed by atoms with Crippen LogP contribution in [-0.4, -0.2) is 26.2 Å². The van der Waals surface area contributed by atoms with Crippen molar-refractivity contribution in [1.29, 1.82) is 0 Å². The van der Waals surface area contributed by atoms with E-state index in [0.29, 0.717) is 0 Å². The van der Waals surface area contributed by atoms with Crippen LogP contribution < -0.4 is 17.3 Å². The van der Waals surface area contributed by atoms with E-state index < -0.39 is 0 Å². The van der Waals surface area contributed by atoms with Crippen molar-refractivity contribution in [2.24, 2.45) is 0 Å². The van der Waals surface area contributed by atoms with Crippen LogP contribution in [0.2, 0.25) is 0 Å². The average Bonchev–Trinajstić information content (AvgIpc) is 2.67. The van der Waals surface area contributed by atoms with Gasteiger partial charge in [0.25, 0.3) is 0 Å². The first-order valence-electron chi connectivity index (χ1n) is 10.1. The van der Waals surface area contributed by atoms with E-state index in [9.17, 15) is 0 Å². The molecule has 0 bridgehead atoms. The van der Waals surface area contributed by atoms with Crippen LogP contribution in [0.1, 0.15) is 69.4 Å². The van der Waals surface area contributed by atoms with E-state index >= 15 is 0 Å². The summed E-state index contributed by atoms with van der Waals surface area (Å²) in [6.45, 7) is 6.90. The summed E-state index contributed by atoms with van der Waals surface area (Å²) >= 11 is 0. The van der Waals surface area contributed by atoms with Gasteiger partial charge in [0.05, 0.1) is 13.1 Å². The highest BCUT2D eigenvalue weighted by atomic mass is 35.5. The largest absolute Gasteiger partial charge is 1.00 e. The Bertz CT molecular complexity index is 523. The number of benzene rings is 1. The molecule has 0 amide bonds. The Kier molecular flexibility index (Phi) is 8.84. The summed E-state index contributed by atoms with van der Waals surface area (Å²) in [5, 5.41) is 0. The number of halogens is 1. The fourth-order valence-electron chi connectivity index (χ4n) is 4.09. The number of hydrogen-bond acceptors (Lipinski definition) is 1. The van der Waals surface area contributed by atoms with Crippen LogP contribution in [0.4, 0.5) is 0 Å². The van der Waals surface area contributed by atoms with Crippen LogP contribution in [0.5, 0.6) is 0 Å². The standard InChI is InChI=1S/C22H33NO.ClH/c1-2-19-11-13-21(14-12-19)22(20-9-5-3-6-10-20)24-18-17-23-15-7-4-8-16-23;/h11-14H,2-10,15-18H2,1H3;1H. The van der Waals surface area contributed by atoms with E-state index in [1.54, 1.807) is 10.5 Å². The maximum Gasteiger partial charge on any atom is 0.137 e. The van der Waals surface area contributed by atoms with Crippen molar-refractivity contribution in [1.82, 2.24) is 0 Å². The molecule has 1 aliphatic heterocycles. The minimum Gasteiger partial charge on any atom is -1.00 e. The number of ether oxygens (including phenoxy) is 1. The highest BCUT2D eigenvalue weighted by Gasteiger charge is 2.17. The number of rotatable bonds is 6. The third-order valence-electron chi connectivity index (χ3n) is 5.67. The summed E-state index contributed by atoms with van der Waals surface area (Å²) in [5.74, 6) is 1.20. The lowest BCUT2D eigenvalue weighted by molar-refractivity contribution is -0.905. The Hall–Kier alpha value is -0.990. The normalized spacial score (nSPS) is 18.5. The second-order valence-electron chi connectivity index (χ2n) is 7.45. The van der Waals surface area contributed by atoms with Gasteiger partial charge in [-0.2, -0.15) is 0 Å². The molecule has 0 aromatic heterocycles. The van der Waals surface area contributed by atoms with Gasteiger partial charge in [0, 0.05) is 5.56 Å². The Morgan fingerprint density at radius 1 is 0.920 bits per heavy atom. The van der Waals surface area contributed by atoms with Gasteiger partial charge < -0.3 is 22.0 Å². The highest BCUT2D eigenvalue weighted by molar-refractivity contribution is 5.63. The topological polar surface area (TPSA) is 13.7 Å². The average molecular weight is 364 g/mol. The van der Waals surface area contributed by atoms with Crippen molar-refractivity contribution < 1.29 is 22.0 Å². The number of likely N-dealkylation sites (tertiary alicyclic amines) is 1. The van der Waals surface area contributed by atoms with Gasteiger partial charge in [-0.1, -0.05) is 37.6 Å². The zero-order chi connectivity index (χ0) is 16.6. The van der Waals surface area contributed by atoms with E-state index in [2.05, 4.69) is 31.2 Å². The van der Waals surface area contributed by atoms with Gasteiger partial charge in [0.15, 0.2) is 0 Å². The summed E-state index contributed by atoms with van der Waals surface area (Å²) in [7, 11) is 0. The molecule has 3 heteroatoms. The fraction of sp³-hybridized carbons (Fsp3) is 0.636. The summed E-state index contributed by atoms with van der Waals surface area (Å²) < 4.78 is 6.40. The van der Waals surface area contributed by atoms with Crippen LogP contribution in [0.15, 0.2) is 29.8 Å². The van der Waals surface area contributed by atoms with Crippen molar-refractivity contribution >= 4 is 5.76 Å². The van der Waals surface area contributed by atoms with E-state index in [1.807, 2.05) is 0 Å². The highest BCUT2D eigenvalue weighted by Crippen LogP contribution is 2.31. The lowest BCUT2D eigenvalue weighted by atomic mass is 9.92. The molecule has 3 rings (SSSR count). The molecule has 1 heterocycles. The monoisotopic (exact) mass is 363 g/mol. The summed E-state index contributed by atoms with van der Waals surface area (Å²) in [5.41, 5.74) is 4.25. The lowest BCUT2D eigenvalue weighted by Crippen LogP contribution is -3.13. The zero-order valence-electron chi connectivity index (χ0n) is 15.8. The predicted molar refractivity (Wildman–Crippen MR) is 101 cm³/mol. The first-order valence-corrected chi connectivity index (χ1v) is 10.1. The van der Waals surface area contributed by atoms with Gasteiger partial charge in [-0.25, -0.2) is 0 Å². The van der Waals surface area contributed by atoms with E-state index in [4.69, 9.17) is 4.74 Å². The molecule has 1 saturated carbocycles. The SMILES string of the molecule is CCc1ccc(C(OCC[NH+]2CCCCC2)=C2CCCCC2)cc1.[Cl-]. The van der Waals surface area contributed by atoms with Crippen molar-refractivity contribution in [3.63, 3.8) is 0 Å². The van der Waals surface area contributed by atoms with Gasteiger partial charge in [-0.3, -0.25) is 0 Å². The molecule has 2 fully saturated rings. The summed E-state index contributed by atoms with van der Waals surface area (Å²) in [6, 6.07) is 9.06. The quantitative estimate of drug-likeness (QED) is 0.745. The van der Waals surface area contributed by atoms with Crippen LogP contribution >= 0.6 is 0 Å². The van der Waals surface area contributed by atoms with Crippen molar-refractivity contribution in [3.05, 3.63) is 41.0 Å². The Labute approximate surface area is 160 Å². The Balaban J connectivity index is 0.00000225. The molecule has 140 valence electrons. The Morgan fingerprint density at radius 2 is 1.56 bits per heavy atom. The van der Waals surface area contributed by atoms with E-state index in [0.717, 1.165) is 19.6 Å². The van der Waals surface area contributed by atoms with Crippen molar-refractivity contribution in [2.45, 2.75) is 64.7 Å². The number of allylic oxidation sites excluding steroid dienone is 1. The van der Waals surface area contributed by atoms with Crippen LogP contribution in [0, 0.1) is 0 Å². The molecule has 2 aliphatic rings. The fourth-order valence-corrected chi connectivity index (χ4v) is 4.09. The number of nitrogens with one attached hydrogen (secondary N) is 1. The van der Waals surface area contributed by atoms with Crippen molar-refractivity contribution in [2.75, 3.05) is 26.2 Å². The minimum atomic E-state index is 0. The van der Waals surface area contributed by atoms with Gasteiger partial charge in [0.2, 0.25) is 0 Å². The van der Waals surface area contributed by atoms with Gasteiger partial charge >= 0.3 is 0 Å². The molecule has 1 saturated heterocycles. The van der Waals surface area contributed by atoms with Crippen molar-refractivity contribution in [3.8, 4) is 0 Å². The van der Waals surface area contributed by atoms with Crippen LogP contribution in [0.25, 0.3) is 5.76 Å². The second-order valence-corrected chi connectivity index (χ2v) is 7.45. The maximum atomic E-state index is 6.40. The van der Waals surface area contributed by atoms with E-state index in [1.165, 1.54) is 81.3 Å².